The molecule has 0 aliphatic carbocycles. The third-order valence-electron chi connectivity index (χ3n) is 1.36. The molecule has 1 heterocycles. The van der Waals surface area contributed by atoms with Gasteiger partial charge in [-0.2, -0.15) is 18.3 Å². The maximum absolute atomic E-state index is 12.1. The SMILES string of the molecule is NC[C@@H](n1cncn1)C(F)(F)F. The summed E-state index contributed by atoms with van der Waals surface area (Å²) in [6.07, 6.45) is -2.35. The van der Waals surface area contributed by atoms with Crippen LogP contribution >= 0.6 is 0 Å². The molecule has 12 heavy (non-hydrogen) atoms. The monoisotopic (exact) mass is 180 g/mol. The van der Waals surface area contributed by atoms with E-state index >= 15 is 0 Å². The van der Waals surface area contributed by atoms with Crippen LogP contribution in [0.4, 0.5) is 13.2 Å². The summed E-state index contributed by atoms with van der Waals surface area (Å²) in [6, 6.07) is -1.78. The Morgan fingerprint density at radius 2 is 2.17 bits per heavy atom. The highest BCUT2D eigenvalue weighted by Crippen LogP contribution is 2.28. The Kier molecular flexibility index (Phi) is 2.32. The molecule has 0 saturated heterocycles. The Bertz CT molecular complexity index is 229. The summed E-state index contributed by atoms with van der Waals surface area (Å²) in [5, 5.41) is 3.36. The van der Waals surface area contributed by atoms with Crippen molar-refractivity contribution in [1.29, 1.82) is 0 Å². The van der Waals surface area contributed by atoms with Crippen molar-refractivity contribution >= 4 is 0 Å². The average molecular weight is 180 g/mol. The summed E-state index contributed by atoms with van der Waals surface area (Å²) < 4.78 is 37.0. The molecule has 0 aliphatic rings. The molecule has 0 saturated carbocycles. The Morgan fingerprint density at radius 3 is 2.50 bits per heavy atom. The van der Waals surface area contributed by atoms with Gasteiger partial charge in [0.1, 0.15) is 12.7 Å². The van der Waals surface area contributed by atoms with Crippen LogP contribution in [0.2, 0.25) is 0 Å². The fraction of sp³-hybridized carbons (Fsp3) is 0.600. The minimum atomic E-state index is -4.37. The van der Waals surface area contributed by atoms with Crippen molar-refractivity contribution in [1.82, 2.24) is 14.8 Å². The fourth-order valence-corrected chi connectivity index (χ4v) is 0.770. The molecule has 68 valence electrons. The first-order chi connectivity index (χ1) is 5.55. The summed E-state index contributed by atoms with van der Waals surface area (Å²) in [7, 11) is 0. The van der Waals surface area contributed by atoms with Crippen molar-refractivity contribution in [3.8, 4) is 0 Å². The summed E-state index contributed by atoms with van der Waals surface area (Å²) in [5.74, 6) is 0. The van der Waals surface area contributed by atoms with Crippen LogP contribution in [-0.2, 0) is 0 Å². The van der Waals surface area contributed by atoms with Crippen LogP contribution in [0.1, 0.15) is 6.04 Å². The van der Waals surface area contributed by atoms with E-state index in [4.69, 9.17) is 5.73 Å². The zero-order chi connectivity index (χ0) is 9.19. The Balaban J connectivity index is 2.84. The smallest absolute Gasteiger partial charge is 0.328 e. The predicted molar refractivity (Wildman–Crippen MR) is 34.2 cm³/mol. The van der Waals surface area contributed by atoms with Gasteiger partial charge in [0.25, 0.3) is 0 Å². The summed E-state index contributed by atoms with van der Waals surface area (Å²) in [5.41, 5.74) is 4.94. The van der Waals surface area contributed by atoms with Gasteiger partial charge in [-0.15, -0.1) is 0 Å². The topological polar surface area (TPSA) is 56.7 Å². The number of rotatable bonds is 2. The third-order valence-corrected chi connectivity index (χ3v) is 1.36. The van der Waals surface area contributed by atoms with Gasteiger partial charge in [-0.3, -0.25) is 0 Å². The van der Waals surface area contributed by atoms with E-state index < -0.39 is 18.8 Å². The van der Waals surface area contributed by atoms with Crippen LogP contribution in [0, 0.1) is 0 Å². The lowest BCUT2D eigenvalue weighted by Gasteiger charge is -2.17. The summed E-state index contributed by atoms with van der Waals surface area (Å²) in [4.78, 5) is 3.40. The standard InChI is InChI=1S/C5H7F3N4/c6-5(7,8)4(1-9)12-3-10-2-11-12/h2-4H,1,9H2/t4-/m1/s1. The van der Waals surface area contributed by atoms with Crippen molar-refractivity contribution in [2.75, 3.05) is 6.54 Å². The molecule has 0 unspecified atom stereocenters. The zero-order valence-electron chi connectivity index (χ0n) is 5.99. The second kappa shape index (κ2) is 3.10. The van der Waals surface area contributed by atoms with Crippen LogP contribution in [0.25, 0.3) is 0 Å². The van der Waals surface area contributed by atoms with E-state index in [0.717, 1.165) is 12.7 Å². The van der Waals surface area contributed by atoms with Crippen molar-refractivity contribution in [3.05, 3.63) is 12.7 Å². The van der Waals surface area contributed by atoms with Gasteiger partial charge in [0, 0.05) is 6.54 Å². The van der Waals surface area contributed by atoms with Gasteiger partial charge in [-0.25, -0.2) is 9.67 Å². The number of hydrogen-bond donors (Lipinski definition) is 1. The van der Waals surface area contributed by atoms with Gasteiger partial charge < -0.3 is 5.73 Å². The maximum Gasteiger partial charge on any atom is 0.412 e. The van der Waals surface area contributed by atoms with E-state index in [1.54, 1.807) is 0 Å². The van der Waals surface area contributed by atoms with Gasteiger partial charge in [0.05, 0.1) is 0 Å². The number of hydrogen-bond acceptors (Lipinski definition) is 3. The molecule has 0 fully saturated rings. The zero-order valence-corrected chi connectivity index (χ0v) is 5.99. The first-order valence-corrected chi connectivity index (χ1v) is 3.16. The van der Waals surface area contributed by atoms with Crippen molar-refractivity contribution in [3.63, 3.8) is 0 Å². The van der Waals surface area contributed by atoms with Gasteiger partial charge in [-0.1, -0.05) is 0 Å². The van der Waals surface area contributed by atoms with E-state index in [-0.39, 0.29) is 0 Å². The van der Waals surface area contributed by atoms with Gasteiger partial charge >= 0.3 is 6.18 Å². The first kappa shape index (κ1) is 8.98. The maximum atomic E-state index is 12.1. The summed E-state index contributed by atoms with van der Waals surface area (Å²) in [6.45, 7) is -0.535. The number of alkyl halides is 3. The lowest BCUT2D eigenvalue weighted by molar-refractivity contribution is -0.167. The van der Waals surface area contributed by atoms with Gasteiger partial charge in [-0.05, 0) is 0 Å². The third kappa shape index (κ3) is 1.73. The number of nitrogens with zero attached hydrogens (tertiary/aromatic N) is 3. The Hall–Kier alpha value is -1.11. The van der Waals surface area contributed by atoms with Crippen molar-refractivity contribution < 1.29 is 13.2 Å². The van der Waals surface area contributed by atoms with Crippen molar-refractivity contribution in [2.24, 2.45) is 5.73 Å². The van der Waals surface area contributed by atoms with E-state index in [1.165, 1.54) is 0 Å². The van der Waals surface area contributed by atoms with Crippen molar-refractivity contribution in [2.45, 2.75) is 12.2 Å². The first-order valence-electron chi connectivity index (χ1n) is 3.16. The molecule has 2 N–H and O–H groups in total. The second-order valence-electron chi connectivity index (χ2n) is 2.17. The quantitative estimate of drug-likeness (QED) is 0.713. The summed E-state index contributed by atoms with van der Waals surface area (Å²) >= 11 is 0. The van der Waals surface area contributed by atoms with Crippen LogP contribution < -0.4 is 5.73 Å². The molecular formula is C5H7F3N4. The highest BCUT2D eigenvalue weighted by atomic mass is 19.4. The van der Waals surface area contributed by atoms with E-state index in [0.29, 0.717) is 4.68 Å². The lowest BCUT2D eigenvalue weighted by Crippen LogP contribution is -2.33. The number of nitrogens with two attached hydrogens (primary N) is 1. The van der Waals surface area contributed by atoms with E-state index in [1.807, 2.05) is 0 Å². The van der Waals surface area contributed by atoms with Crippen LogP contribution in [0.3, 0.4) is 0 Å². The molecule has 0 amide bonds. The average Bonchev–Trinajstić information content (AvgIpc) is 2.38. The molecule has 0 radical (unpaired) electrons. The molecule has 4 nitrogen and oxygen atoms in total. The molecule has 1 atom stereocenters. The van der Waals surface area contributed by atoms with Crippen LogP contribution in [0.15, 0.2) is 12.7 Å². The molecule has 1 rings (SSSR count). The Labute approximate surface area is 66.2 Å². The van der Waals surface area contributed by atoms with E-state index in [9.17, 15) is 13.2 Å². The highest BCUT2D eigenvalue weighted by molar-refractivity contribution is 4.75. The molecule has 1 aromatic rings. The van der Waals surface area contributed by atoms with Gasteiger partial charge in [0.2, 0.25) is 0 Å². The highest BCUT2D eigenvalue weighted by Gasteiger charge is 2.40. The minimum Gasteiger partial charge on any atom is -0.328 e. The molecule has 0 aliphatic heterocycles. The number of halogens is 3. The molecular weight excluding hydrogens is 173 g/mol. The van der Waals surface area contributed by atoms with Gasteiger partial charge in [0.15, 0.2) is 6.04 Å². The fourth-order valence-electron chi connectivity index (χ4n) is 0.770. The molecule has 0 bridgehead atoms. The largest absolute Gasteiger partial charge is 0.412 e. The van der Waals surface area contributed by atoms with Crippen LogP contribution in [0.5, 0.6) is 0 Å². The Morgan fingerprint density at radius 1 is 1.50 bits per heavy atom. The molecule has 1 aromatic heterocycles. The van der Waals surface area contributed by atoms with Crippen LogP contribution in [-0.4, -0.2) is 27.5 Å². The molecule has 7 heteroatoms. The normalized spacial score (nSPS) is 14.7. The second-order valence-corrected chi connectivity index (χ2v) is 2.17. The minimum absolute atomic E-state index is 0.535. The predicted octanol–water partition coefficient (Wildman–Crippen LogP) is 0.340. The lowest BCUT2D eigenvalue weighted by atomic mass is 10.3. The molecule has 0 spiro atoms. The number of aromatic nitrogens is 3. The van der Waals surface area contributed by atoms with E-state index in [2.05, 4.69) is 10.1 Å². The molecule has 0 aromatic carbocycles.